The SMILES string of the molecule is CCCC(O)C/C=C\C/C=C\C/C=C\C/C=C\CCCC(=O)O[C@H](COC(=O)CCCCCCCCCCC(C)CC)COP(=O)(O)OC[C@@H](O)CO. The molecule has 53 heavy (non-hydrogen) atoms. The van der Waals surface area contributed by atoms with Crippen molar-refractivity contribution in [2.75, 3.05) is 26.4 Å². The molecule has 308 valence electrons. The molecule has 0 bridgehead atoms. The Labute approximate surface area is 320 Å². The fourth-order valence-electron chi connectivity index (χ4n) is 5.09. The molecule has 5 atom stereocenters. The van der Waals surface area contributed by atoms with Crippen LogP contribution >= 0.6 is 7.82 Å². The molecule has 0 fully saturated rings. The highest BCUT2D eigenvalue weighted by molar-refractivity contribution is 7.47. The average molecular weight is 773 g/mol. The number of phosphoric acid groups is 1. The quantitative estimate of drug-likeness (QED) is 0.0208. The Hall–Kier alpha value is -2.11. The highest BCUT2D eigenvalue weighted by Crippen LogP contribution is 2.43. The number of esters is 2. The van der Waals surface area contributed by atoms with Gasteiger partial charge in [-0.3, -0.25) is 18.6 Å². The molecule has 11 nitrogen and oxygen atoms in total. The number of aliphatic hydroxyl groups is 3. The summed E-state index contributed by atoms with van der Waals surface area (Å²) >= 11 is 0. The van der Waals surface area contributed by atoms with Gasteiger partial charge in [-0.15, -0.1) is 0 Å². The number of phosphoric ester groups is 1. The molecule has 3 unspecified atom stereocenters. The molecule has 0 saturated heterocycles. The molecular formula is C41H73O11P. The summed E-state index contributed by atoms with van der Waals surface area (Å²) in [6, 6.07) is 0. The second kappa shape index (κ2) is 35.6. The zero-order chi connectivity index (χ0) is 39.4. The Morgan fingerprint density at radius 2 is 1.21 bits per heavy atom. The smallest absolute Gasteiger partial charge is 0.462 e. The number of aliphatic hydroxyl groups excluding tert-OH is 3. The van der Waals surface area contributed by atoms with Gasteiger partial charge in [0.05, 0.1) is 25.9 Å². The van der Waals surface area contributed by atoms with Crippen molar-refractivity contribution >= 4 is 19.8 Å². The van der Waals surface area contributed by atoms with Crippen LogP contribution in [0.15, 0.2) is 48.6 Å². The van der Waals surface area contributed by atoms with Gasteiger partial charge in [-0.25, -0.2) is 4.57 Å². The molecule has 0 aromatic rings. The minimum Gasteiger partial charge on any atom is -0.462 e. The minimum atomic E-state index is -4.64. The maximum absolute atomic E-state index is 12.6. The van der Waals surface area contributed by atoms with Gasteiger partial charge in [-0.1, -0.05) is 134 Å². The Balaban J connectivity index is 4.49. The first kappa shape index (κ1) is 50.9. The summed E-state index contributed by atoms with van der Waals surface area (Å²) < 4.78 is 32.5. The molecule has 0 aliphatic carbocycles. The summed E-state index contributed by atoms with van der Waals surface area (Å²) in [5.74, 6) is -0.210. The zero-order valence-electron chi connectivity index (χ0n) is 33.0. The monoisotopic (exact) mass is 772 g/mol. The third-order valence-corrected chi connectivity index (χ3v) is 9.53. The van der Waals surface area contributed by atoms with Gasteiger partial charge in [0.15, 0.2) is 6.10 Å². The van der Waals surface area contributed by atoms with Crippen molar-refractivity contribution in [3.63, 3.8) is 0 Å². The maximum atomic E-state index is 12.6. The van der Waals surface area contributed by atoms with Crippen LogP contribution in [-0.4, -0.2) is 76.9 Å². The van der Waals surface area contributed by atoms with Crippen molar-refractivity contribution < 1.29 is 52.9 Å². The van der Waals surface area contributed by atoms with E-state index < -0.39 is 51.8 Å². The van der Waals surface area contributed by atoms with Gasteiger partial charge in [0, 0.05) is 12.8 Å². The molecule has 0 spiro atoms. The molecule has 0 radical (unpaired) electrons. The molecule has 0 amide bonds. The number of allylic oxidation sites excluding steroid dienone is 7. The molecule has 0 aromatic carbocycles. The lowest BCUT2D eigenvalue weighted by molar-refractivity contribution is -0.161. The molecule has 0 saturated carbocycles. The number of ether oxygens (including phenoxy) is 2. The van der Waals surface area contributed by atoms with E-state index in [0.29, 0.717) is 25.7 Å². The number of rotatable bonds is 36. The van der Waals surface area contributed by atoms with E-state index in [9.17, 15) is 29.3 Å². The number of hydrogen-bond donors (Lipinski definition) is 4. The topological polar surface area (TPSA) is 169 Å². The van der Waals surface area contributed by atoms with E-state index in [0.717, 1.165) is 57.3 Å². The molecule has 12 heteroatoms. The summed E-state index contributed by atoms with van der Waals surface area (Å²) in [5.41, 5.74) is 0. The largest absolute Gasteiger partial charge is 0.472 e. The van der Waals surface area contributed by atoms with Crippen molar-refractivity contribution in [3.05, 3.63) is 48.6 Å². The molecule has 0 rings (SSSR count). The van der Waals surface area contributed by atoms with Crippen LogP contribution in [0.3, 0.4) is 0 Å². The van der Waals surface area contributed by atoms with Gasteiger partial charge in [0.1, 0.15) is 12.7 Å². The van der Waals surface area contributed by atoms with Gasteiger partial charge >= 0.3 is 19.8 Å². The normalized spacial score (nSPS) is 15.7. The summed E-state index contributed by atoms with van der Waals surface area (Å²) in [5, 5.41) is 28.0. The number of unbranched alkanes of at least 4 members (excludes halogenated alkanes) is 8. The first-order valence-corrected chi connectivity index (χ1v) is 21.6. The standard InChI is InChI=1S/C41H73O11P/c1-4-27-37(43)29-24-20-16-11-9-7-6-8-10-12-18-22-26-31-41(46)52-39(35-51-53(47,48)50-33-38(44)32-42)34-49-40(45)30-25-21-17-14-13-15-19-23-28-36(3)5-2/h6,8-9,11-12,18,20,24,36-39,42-44H,4-5,7,10,13-17,19,21-23,25-35H2,1-3H3,(H,47,48)/b8-6-,11-9-,18-12-,24-20-/t36?,37?,38-,39+/m0/s1. The Morgan fingerprint density at radius 3 is 1.81 bits per heavy atom. The summed E-state index contributed by atoms with van der Waals surface area (Å²) in [6.45, 7) is 4.39. The predicted molar refractivity (Wildman–Crippen MR) is 211 cm³/mol. The fourth-order valence-corrected chi connectivity index (χ4v) is 5.88. The van der Waals surface area contributed by atoms with Crippen LogP contribution in [0, 0.1) is 5.92 Å². The number of carbonyl (C=O) groups excluding carboxylic acids is 2. The lowest BCUT2D eigenvalue weighted by Gasteiger charge is -2.20. The lowest BCUT2D eigenvalue weighted by atomic mass is 9.99. The van der Waals surface area contributed by atoms with E-state index in [1.807, 2.05) is 18.2 Å². The Bertz CT molecular complexity index is 1060. The first-order valence-electron chi connectivity index (χ1n) is 20.1. The van der Waals surface area contributed by atoms with Crippen molar-refractivity contribution in [2.45, 2.75) is 167 Å². The first-order chi connectivity index (χ1) is 25.5. The van der Waals surface area contributed by atoms with E-state index >= 15 is 0 Å². The van der Waals surface area contributed by atoms with E-state index in [2.05, 4.69) is 55.7 Å². The molecule has 4 N–H and O–H groups in total. The van der Waals surface area contributed by atoms with E-state index in [1.165, 1.54) is 38.5 Å². The van der Waals surface area contributed by atoms with Crippen LogP contribution in [-0.2, 0) is 32.7 Å². The van der Waals surface area contributed by atoms with Gasteiger partial charge in [-0.2, -0.15) is 0 Å². The van der Waals surface area contributed by atoms with Crippen molar-refractivity contribution in [3.8, 4) is 0 Å². The average Bonchev–Trinajstić information content (AvgIpc) is 3.13. The molecular weight excluding hydrogens is 699 g/mol. The third-order valence-electron chi connectivity index (χ3n) is 8.58. The number of carbonyl (C=O) groups is 2. The van der Waals surface area contributed by atoms with E-state index in [1.54, 1.807) is 0 Å². The van der Waals surface area contributed by atoms with Crippen LogP contribution in [0.4, 0.5) is 0 Å². The van der Waals surface area contributed by atoms with Gasteiger partial charge < -0.3 is 29.7 Å². The molecule has 0 aliphatic rings. The fraction of sp³-hybridized carbons (Fsp3) is 0.756. The molecule has 0 aromatic heterocycles. The summed E-state index contributed by atoms with van der Waals surface area (Å²) in [6.07, 6.45) is 31.5. The van der Waals surface area contributed by atoms with Crippen molar-refractivity contribution in [2.24, 2.45) is 5.92 Å². The number of hydrogen-bond acceptors (Lipinski definition) is 10. The minimum absolute atomic E-state index is 0.0925. The maximum Gasteiger partial charge on any atom is 0.472 e. The van der Waals surface area contributed by atoms with Gasteiger partial charge in [-0.05, 0) is 57.3 Å². The Kier molecular flexibility index (Phi) is 34.2. The van der Waals surface area contributed by atoms with E-state index in [-0.39, 0.29) is 25.6 Å². The zero-order valence-corrected chi connectivity index (χ0v) is 33.9. The summed E-state index contributed by atoms with van der Waals surface area (Å²) in [4.78, 5) is 34.8. The van der Waals surface area contributed by atoms with Crippen LogP contribution in [0.1, 0.15) is 149 Å². The van der Waals surface area contributed by atoms with Crippen molar-refractivity contribution in [1.29, 1.82) is 0 Å². The third kappa shape index (κ3) is 35.4. The highest BCUT2D eigenvalue weighted by Gasteiger charge is 2.27. The van der Waals surface area contributed by atoms with Crippen LogP contribution in [0.5, 0.6) is 0 Å². The molecule has 0 heterocycles. The summed E-state index contributed by atoms with van der Waals surface area (Å²) in [7, 11) is -4.64. The van der Waals surface area contributed by atoms with E-state index in [4.69, 9.17) is 19.1 Å². The van der Waals surface area contributed by atoms with Crippen molar-refractivity contribution in [1.82, 2.24) is 0 Å². The highest BCUT2D eigenvalue weighted by atomic mass is 31.2. The second-order valence-electron chi connectivity index (χ2n) is 13.7. The van der Waals surface area contributed by atoms with Crippen LogP contribution in [0.2, 0.25) is 0 Å². The Morgan fingerprint density at radius 1 is 0.660 bits per heavy atom. The predicted octanol–water partition coefficient (Wildman–Crippen LogP) is 8.99. The lowest BCUT2D eigenvalue weighted by Crippen LogP contribution is -2.29. The second-order valence-corrected chi connectivity index (χ2v) is 15.2. The van der Waals surface area contributed by atoms with Gasteiger partial charge in [0.2, 0.25) is 0 Å². The molecule has 0 aliphatic heterocycles. The van der Waals surface area contributed by atoms with Crippen LogP contribution in [0.25, 0.3) is 0 Å². The van der Waals surface area contributed by atoms with Gasteiger partial charge in [0.25, 0.3) is 0 Å². The van der Waals surface area contributed by atoms with Crippen LogP contribution < -0.4 is 0 Å².